The molecule has 0 amide bonds. The first kappa shape index (κ1) is 29.7. The molecule has 8 heteroatoms. The first-order chi connectivity index (χ1) is 18.6. The van der Waals surface area contributed by atoms with Crippen LogP contribution in [0.15, 0.2) is 53.9 Å². The number of carboxylic acid groups (broad SMARTS) is 1. The first-order valence-corrected chi connectivity index (χ1v) is 14.2. The van der Waals surface area contributed by atoms with Gasteiger partial charge in [0.2, 0.25) is 0 Å². The van der Waals surface area contributed by atoms with Gasteiger partial charge in [0.15, 0.2) is 0 Å². The van der Waals surface area contributed by atoms with Crippen LogP contribution in [0.2, 0.25) is 0 Å². The van der Waals surface area contributed by atoms with Crippen LogP contribution < -0.4 is 0 Å². The fraction of sp³-hybridized carbons (Fsp3) is 0.567. The van der Waals surface area contributed by atoms with Crippen molar-refractivity contribution in [2.24, 2.45) is 4.99 Å². The zero-order valence-corrected chi connectivity index (χ0v) is 23.3. The summed E-state index contributed by atoms with van der Waals surface area (Å²) in [5, 5.41) is 9.25. The minimum Gasteiger partial charge on any atom is -0.481 e. The predicted octanol–water partition coefficient (Wildman–Crippen LogP) is 4.95. The van der Waals surface area contributed by atoms with Crippen LogP contribution in [0.4, 0.5) is 0 Å². The molecule has 0 saturated heterocycles. The summed E-state index contributed by atoms with van der Waals surface area (Å²) < 4.78 is 0. The van der Waals surface area contributed by atoms with Gasteiger partial charge in [-0.3, -0.25) is 19.6 Å². The van der Waals surface area contributed by atoms with Gasteiger partial charge in [-0.1, -0.05) is 44.2 Å². The summed E-state index contributed by atoms with van der Waals surface area (Å²) >= 11 is 0. The normalized spacial score (nSPS) is 13.2. The molecule has 0 spiro atoms. The topological polar surface area (TPSA) is 88.1 Å². The maximum absolute atomic E-state index is 11.2. The second kappa shape index (κ2) is 16.9. The summed E-state index contributed by atoms with van der Waals surface area (Å²) in [5.74, 6) is 0.218. The fourth-order valence-electron chi connectivity index (χ4n) is 4.96. The number of H-pyrrole nitrogens is 1. The Kier molecular flexibility index (Phi) is 13.2. The van der Waals surface area contributed by atoms with Crippen LogP contribution >= 0.6 is 0 Å². The summed E-state index contributed by atoms with van der Waals surface area (Å²) in [6, 6.07) is 8.77. The molecule has 0 radical (unpaired) electrons. The second-order valence-electron chi connectivity index (χ2n) is 10.3. The molecule has 1 aromatic carbocycles. The number of benzene rings is 1. The van der Waals surface area contributed by atoms with E-state index in [0.717, 1.165) is 77.4 Å². The van der Waals surface area contributed by atoms with Crippen LogP contribution in [0.5, 0.6) is 0 Å². The number of aromatic amines is 1. The van der Waals surface area contributed by atoms with Crippen molar-refractivity contribution in [3.05, 3.63) is 65.9 Å². The van der Waals surface area contributed by atoms with Crippen LogP contribution in [-0.4, -0.2) is 80.7 Å². The number of nitrogens with zero attached hydrogens (tertiary/aromatic N) is 5. The number of imidazole rings is 1. The van der Waals surface area contributed by atoms with Gasteiger partial charge >= 0.3 is 5.97 Å². The van der Waals surface area contributed by atoms with Crippen molar-refractivity contribution in [3.8, 4) is 0 Å². The minimum atomic E-state index is -0.735. The highest BCUT2D eigenvalue weighted by Gasteiger charge is 2.14. The van der Waals surface area contributed by atoms with Crippen molar-refractivity contribution in [2.45, 2.75) is 72.0 Å². The molecule has 2 heterocycles. The van der Waals surface area contributed by atoms with Crippen molar-refractivity contribution in [3.63, 3.8) is 0 Å². The molecule has 0 saturated carbocycles. The number of aliphatic imine (C=N–C) groups is 1. The van der Waals surface area contributed by atoms with Crippen LogP contribution in [-0.2, 0) is 24.4 Å². The maximum Gasteiger partial charge on any atom is 0.304 e. The quantitative estimate of drug-likeness (QED) is 0.239. The van der Waals surface area contributed by atoms with Crippen molar-refractivity contribution in [1.82, 2.24) is 24.7 Å². The lowest BCUT2D eigenvalue weighted by molar-refractivity contribution is -0.137. The fourth-order valence-corrected chi connectivity index (χ4v) is 4.96. The summed E-state index contributed by atoms with van der Waals surface area (Å²) in [7, 11) is 0. The van der Waals surface area contributed by atoms with Crippen LogP contribution in [0, 0.1) is 0 Å². The van der Waals surface area contributed by atoms with Gasteiger partial charge in [0.05, 0.1) is 13.0 Å². The van der Waals surface area contributed by atoms with Crippen LogP contribution in [0.1, 0.15) is 69.3 Å². The van der Waals surface area contributed by atoms with Gasteiger partial charge < -0.3 is 15.0 Å². The molecule has 0 bridgehead atoms. The van der Waals surface area contributed by atoms with Gasteiger partial charge in [-0.25, -0.2) is 4.98 Å². The van der Waals surface area contributed by atoms with E-state index in [1.807, 2.05) is 12.4 Å². The van der Waals surface area contributed by atoms with Crippen molar-refractivity contribution >= 4 is 11.7 Å². The largest absolute Gasteiger partial charge is 0.481 e. The van der Waals surface area contributed by atoms with E-state index in [0.29, 0.717) is 6.54 Å². The maximum atomic E-state index is 11.2. The highest BCUT2D eigenvalue weighted by Crippen LogP contribution is 2.14. The number of carbonyl (C=O) groups is 1. The number of carboxylic acids is 1. The van der Waals surface area contributed by atoms with Gasteiger partial charge in [0.1, 0.15) is 5.82 Å². The summed E-state index contributed by atoms with van der Waals surface area (Å²) in [6.45, 7) is 12.6. The SMILES string of the molecule is CCCN(CCC)CCCCN(CCC(=O)O)Cc1ccc(CN(CC2=NC=CC2)Cc2ncc[nH]2)cc1. The van der Waals surface area contributed by atoms with Crippen molar-refractivity contribution in [2.75, 3.05) is 39.3 Å². The third kappa shape index (κ3) is 11.3. The van der Waals surface area contributed by atoms with Crippen molar-refractivity contribution < 1.29 is 9.90 Å². The van der Waals surface area contributed by atoms with Gasteiger partial charge in [0, 0.05) is 56.9 Å². The molecule has 0 atom stereocenters. The molecule has 38 heavy (non-hydrogen) atoms. The lowest BCUT2D eigenvalue weighted by Gasteiger charge is -2.24. The van der Waals surface area contributed by atoms with E-state index in [-0.39, 0.29) is 6.42 Å². The van der Waals surface area contributed by atoms with E-state index in [1.165, 1.54) is 29.7 Å². The number of rotatable bonds is 20. The minimum absolute atomic E-state index is 0.177. The molecule has 1 aliphatic heterocycles. The average Bonchev–Trinajstić information content (AvgIpc) is 3.61. The smallest absolute Gasteiger partial charge is 0.304 e. The van der Waals surface area contributed by atoms with Crippen molar-refractivity contribution in [1.29, 1.82) is 0 Å². The second-order valence-corrected chi connectivity index (χ2v) is 10.3. The van der Waals surface area contributed by atoms with E-state index in [2.05, 4.69) is 73.8 Å². The molecule has 3 rings (SSSR count). The molecule has 208 valence electrons. The Morgan fingerprint density at radius 3 is 2.08 bits per heavy atom. The van der Waals surface area contributed by atoms with E-state index in [9.17, 15) is 9.90 Å². The summed E-state index contributed by atoms with van der Waals surface area (Å²) in [4.78, 5) is 30.6. The molecule has 2 N–H and O–H groups in total. The average molecular weight is 523 g/mol. The molecule has 0 fully saturated rings. The Hall–Kier alpha value is -2.81. The van der Waals surface area contributed by atoms with E-state index in [1.54, 1.807) is 6.20 Å². The Morgan fingerprint density at radius 1 is 0.868 bits per heavy atom. The summed E-state index contributed by atoms with van der Waals surface area (Å²) in [5.41, 5.74) is 3.64. The van der Waals surface area contributed by atoms with E-state index < -0.39 is 5.97 Å². The highest BCUT2D eigenvalue weighted by molar-refractivity contribution is 5.89. The molecule has 2 aromatic rings. The number of allylic oxidation sites excluding steroid dienone is 1. The Bertz CT molecular complexity index is 981. The molecule has 0 aliphatic carbocycles. The standard InChI is InChI=1S/C30H46N6O2/c1-3-17-34(18-4-2)19-5-6-20-35(21-13-30(37)38)22-26-9-11-27(12-10-26)23-36(24-28-8-7-14-31-28)25-29-32-15-16-33-29/h7,9-12,14-16H,3-6,8,13,17-25H2,1-2H3,(H,32,33)(H,37,38). The zero-order chi connectivity index (χ0) is 27.0. The van der Waals surface area contributed by atoms with E-state index in [4.69, 9.17) is 0 Å². The lowest BCUT2D eigenvalue weighted by atomic mass is 10.1. The number of hydrogen-bond donors (Lipinski definition) is 2. The Balaban J connectivity index is 1.53. The molecular formula is C30H46N6O2. The number of nitrogens with one attached hydrogen (secondary N) is 1. The zero-order valence-electron chi connectivity index (χ0n) is 23.3. The van der Waals surface area contributed by atoms with Gasteiger partial charge in [-0.2, -0.15) is 0 Å². The van der Waals surface area contributed by atoms with Gasteiger partial charge in [0.25, 0.3) is 0 Å². The van der Waals surface area contributed by atoms with Crippen LogP contribution in [0.3, 0.4) is 0 Å². The Labute approximate surface area is 228 Å². The highest BCUT2D eigenvalue weighted by atomic mass is 16.4. The molecule has 8 nitrogen and oxygen atoms in total. The summed E-state index contributed by atoms with van der Waals surface area (Å²) in [6.07, 6.45) is 13.3. The number of aliphatic carboxylic acids is 1. The number of unbranched alkanes of at least 4 members (excludes halogenated alkanes) is 1. The van der Waals surface area contributed by atoms with Crippen LogP contribution in [0.25, 0.3) is 0 Å². The Morgan fingerprint density at radius 2 is 1.53 bits per heavy atom. The van der Waals surface area contributed by atoms with Gasteiger partial charge in [-0.05, 0) is 63.0 Å². The monoisotopic (exact) mass is 522 g/mol. The number of aromatic nitrogens is 2. The molecule has 1 aliphatic rings. The third-order valence-corrected chi connectivity index (χ3v) is 6.81. The third-order valence-electron chi connectivity index (χ3n) is 6.81. The molecule has 0 unspecified atom stereocenters. The van der Waals surface area contributed by atoms with E-state index >= 15 is 0 Å². The first-order valence-electron chi connectivity index (χ1n) is 14.2. The predicted molar refractivity (Wildman–Crippen MR) is 154 cm³/mol. The number of hydrogen-bond acceptors (Lipinski definition) is 6. The molecular weight excluding hydrogens is 476 g/mol. The van der Waals surface area contributed by atoms with Gasteiger partial charge in [-0.15, -0.1) is 0 Å². The molecule has 1 aromatic heterocycles. The lowest BCUT2D eigenvalue weighted by Crippen LogP contribution is -2.30.